The van der Waals surface area contributed by atoms with Gasteiger partial charge in [-0.15, -0.1) is 0 Å². The summed E-state index contributed by atoms with van der Waals surface area (Å²) in [6.07, 6.45) is 3.62. The summed E-state index contributed by atoms with van der Waals surface area (Å²) in [5.41, 5.74) is 2.00. The Labute approximate surface area is 223 Å². The van der Waals surface area contributed by atoms with Crippen molar-refractivity contribution in [2.24, 2.45) is 0 Å². The van der Waals surface area contributed by atoms with E-state index in [1.807, 2.05) is 0 Å². The lowest BCUT2D eigenvalue weighted by Crippen LogP contribution is -2.21. The number of benzene rings is 2. The number of nitrogens with zero attached hydrogens (tertiary/aromatic N) is 3. The molecular weight excluding hydrogens is 535 g/mol. The van der Waals surface area contributed by atoms with E-state index < -0.39 is 15.8 Å². The highest BCUT2D eigenvalue weighted by atomic mass is 35.5. The van der Waals surface area contributed by atoms with E-state index in [-0.39, 0.29) is 33.6 Å². The summed E-state index contributed by atoms with van der Waals surface area (Å²) in [7, 11) is -4.13. The van der Waals surface area contributed by atoms with Gasteiger partial charge in [0.25, 0.3) is 15.6 Å². The van der Waals surface area contributed by atoms with Crippen LogP contribution in [0.4, 0.5) is 10.1 Å². The van der Waals surface area contributed by atoms with Crippen molar-refractivity contribution < 1.29 is 22.3 Å². The van der Waals surface area contributed by atoms with Gasteiger partial charge < -0.3 is 4.74 Å². The molecule has 0 atom stereocenters. The van der Waals surface area contributed by atoms with Crippen molar-refractivity contribution in [3.63, 3.8) is 0 Å². The Kier molecular flexibility index (Phi) is 8.08. The van der Waals surface area contributed by atoms with Gasteiger partial charge in [0.1, 0.15) is 10.7 Å². The molecule has 0 saturated carbocycles. The van der Waals surface area contributed by atoms with Crippen LogP contribution in [0, 0.1) is 12.7 Å². The number of pyridine rings is 1. The SMILES string of the molecule is CCOC(=O)CCCn1cnc2ccc(-c3cnc(C)c(NS(=O)(=O)c4ccc(F)cc4Cl)c3)cc2c1=O. The third-order valence-corrected chi connectivity index (χ3v) is 7.61. The molecular formula is C26H24ClFN4O5S. The number of fused-ring (bicyclic) bond motifs is 1. The van der Waals surface area contributed by atoms with E-state index in [4.69, 9.17) is 16.3 Å². The van der Waals surface area contributed by atoms with Crippen molar-refractivity contribution in [2.75, 3.05) is 11.3 Å². The van der Waals surface area contributed by atoms with Gasteiger partial charge in [0, 0.05) is 24.7 Å². The van der Waals surface area contributed by atoms with Gasteiger partial charge in [-0.25, -0.2) is 17.8 Å². The van der Waals surface area contributed by atoms with Crippen molar-refractivity contribution in [3.05, 3.63) is 81.9 Å². The van der Waals surface area contributed by atoms with Crippen LogP contribution in [-0.4, -0.2) is 35.5 Å². The number of aryl methyl sites for hydroxylation is 2. The molecule has 38 heavy (non-hydrogen) atoms. The Morgan fingerprint density at radius 3 is 2.66 bits per heavy atom. The van der Waals surface area contributed by atoms with Crippen molar-refractivity contribution >= 4 is 44.2 Å². The first-order chi connectivity index (χ1) is 18.1. The Morgan fingerprint density at radius 1 is 1.13 bits per heavy atom. The van der Waals surface area contributed by atoms with E-state index in [1.165, 1.54) is 10.9 Å². The fraction of sp³-hybridized carbons (Fsp3) is 0.231. The molecule has 0 fully saturated rings. The summed E-state index contributed by atoms with van der Waals surface area (Å²) < 4.78 is 48.1. The molecule has 0 bridgehead atoms. The smallest absolute Gasteiger partial charge is 0.305 e. The Morgan fingerprint density at radius 2 is 1.92 bits per heavy atom. The quantitative estimate of drug-likeness (QED) is 0.295. The van der Waals surface area contributed by atoms with E-state index >= 15 is 0 Å². The maximum absolute atomic E-state index is 13.4. The topological polar surface area (TPSA) is 120 Å². The first-order valence-electron chi connectivity index (χ1n) is 11.7. The minimum absolute atomic E-state index is 0.190. The Bertz CT molecular complexity index is 1690. The third kappa shape index (κ3) is 6.00. The van der Waals surface area contributed by atoms with E-state index in [0.29, 0.717) is 47.3 Å². The molecule has 2 aromatic carbocycles. The van der Waals surface area contributed by atoms with Gasteiger partial charge in [-0.1, -0.05) is 17.7 Å². The molecule has 0 spiro atoms. The van der Waals surface area contributed by atoms with Crippen LogP contribution in [0.15, 0.2) is 64.7 Å². The van der Waals surface area contributed by atoms with Crippen LogP contribution >= 0.6 is 11.6 Å². The molecule has 2 heterocycles. The average Bonchev–Trinajstić information content (AvgIpc) is 2.86. The fourth-order valence-corrected chi connectivity index (χ4v) is 5.45. The van der Waals surface area contributed by atoms with Crippen LogP contribution in [0.25, 0.3) is 22.0 Å². The molecule has 0 saturated heterocycles. The highest BCUT2D eigenvalue weighted by Gasteiger charge is 2.20. The Hall–Kier alpha value is -3.83. The number of hydrogen-bond acceptors (Lipinski definition) is 7. The largest absolute Gasteiger partial charge is 0.466 e. The lowest BCUT2D eigenvalue weighted by Gasteiger charge is -2.13. The van der Waals surface area contributed by atoms with Gasteiger partial charge in [0.05, 0.1) is 40.2 Å². The van der Waals surface area contributed by atoms with Crippen LogP contribution in [-0.2, 0) is 26.1 Å². The molecule has 0 unspecified atom stereocenters. The lowest BCUT2D eigenvalue weighted by molar-refractivity contribution is -0.143. The first-order valence-corrected chi connectivity index (χ1v) is 13.5. The molecule has 9 nitrogen and oxygen atoms in total. The fourth-order valence-electron chi connectivity index (χ4n) is 3.81. The van der Waals surface area contributed by atoms with E-state index in [9.17, 15) is 22.4 Å². The minimum atomic E-state index is -4.13. The predicted molar refractivity (Wildman–Crippen MR) is 142 cm³/mol. The molecule has 0 aliphatic carbocycles. The van der Waals surface area contributed by atoms with Gasteiger partial charge in [-0.3, -0.25) is 23.9 Å². The number of carbonyl (C=O) groups excluding carboxylic acids is 1. The second-order valence-corrected chi connectivity index (χ2v) is 10.5. The summed E-state index contributed by atoms with van der Waals surface area (Å²) in [6, 6.07) is 9.71. The maximum atomic E-state index is 13.4. The van der Waals surface area contributed by atoms with E-state index in [1.54, 1.807) is 44.3 Å². The molecule has 4 rings (SSSR count). The highest BCUT2D eigenvalue weighted by Crippen LogP contribution is 2.29. The van der Waals surface area contributed by atoms with Crippen molar-refractivity contribution in [1.29, 1.82) is 0 Å². The molecule has 4 aromatic rings. The Balaban J connectivity index is 1.63. The minimum Gasteiger partial charge on any atom is -0.466 e. The number of sulfonamides is 1. The van der Waals surface area contributed by atoms with Gasteiger partial charge in [-0.2, -0.15) is 0 Å². The third-order valence-electron chi connectivity index (χ3n) is 5.76. The van der Waals surface area contributed by atoms with E-state index in [0.717, 1.165) is 18.2 Å². The lowest BCUT2D eigenvalue weighted by atomic mass is 10.0. The zero-order valence-electron chi connectivity index (χ0n) is 20.6. The van der Waals surface area contributed by atoms with Gasteiger partial charge in [0.15, 0.2) is 0 Å². The van der Waals surface area contributed by atoms with Crippen LogP contribution in [0.5, 0.6) is 0 Å². The van der Waals surface area contributed by atoms with Crippen LogP contribution in [0.3, 0.4) is 0 Å². The molecule has 0 radical (unpaired) electrons. The van der Waals surface area contributed by atoms with Crippen molar-refractivity contribution in [2.45, 2.75) is 38.1 Å². The number of anilines is 1. The number of hydrogen-bond donors (Lipinski definition) is 1. The molecule has 0 aliphatic rings. The standard InChI is InChI=1S/C26H24ClFN4O5S/c1-3-37-25(33)5-4-10-32-15-30-22-8-6-17(11-20(22)26(32)34)18-12-23(16(2)29-14-18)31-38(35,36)24-9-7-19(28)13-21(24)27/h6-9,11-15,31H,3-5,10H2,1-2H3. The molecule has 0 amide bonds. The number of aromatic nitrogens is 3. The number of ether oxygens (including phenoxy) is 1. The molecule has 0 aliphatic heterocycles. The van der Waals surface area contributed by atoms with E-state index in [2.05, 4.69) is 14.7 Å². The summed E-state index contributed by atoms with van der Waals surface area (Å²) in [5, 5.41) is 0.113. The average molecular weight is 559 g/mol. The normalized spacial score (nSPS) is 11.5. The predicted octanol–water partition coefficient (Wildman–Crippen LogP) is 4.70. The highest BCUT2D eigenvalue weighted by molar-refractivity contribution is 7.92. The van der Waals surface area contributed by atoms with Crippen molar-refractivity contribution in [3.8, 4) is 11.1 Å². The maximum Gasteiger partial charge on any atom is 0.305 e. The van der Waals surface area contributed by atoms with Gasteiger partial charge in [-0.05, 0) is 62.2 Å². The number of halogens is 2. The number of rotatable bonds is 9. The monoisotopic (exact) mass is 558 g/mol. The number of esters is 1. The summed E-state index contributed by atoms with van der Waals surface area (Å²) in [4.78, 5) is 33.0. The zero-order chi connectivity index (χ0) is 27.4. The number of carbonyl (C=O) groups is 1. The van der Waals surface area contributed by atoms with Crippen LogP contribution in [0.1, 0.15) is 25.5 Å². The second-order valence-electron chi connectivity index (χ2n) is 8.42. The second kappa shape index (κ2) is 11.3. The first kappa shape index (κ1) is 27.2. The molecule has 2 aromatic heterocycles. The van der Waals surface area contributed by atoms with Gasteiger partial charge in [0.2, 0.25) is 0 Å². The summed E-state index contributed by atoms with van der Waals surface area (Å²) >= 11 is 5.96. The summed E-state index contributed by atoms with van der Waals surface area (Å²) in [6.45, 7) is 3.97. The molecule has 198 valence electrons. The molecule has 12 heteroatoms. The number of nitrogens with one attached hydrogen (secondary N) is 1. The van der Waals surface area contributed by atoms with Crippen molar-refractivity contribution in [1.82, 2.24) is 14.5 Å². The van der Waals surface area contributed by atoms with Crippen LogP contribution in [0.2, 0.25) is 5.02 Å². The zero-order valence-corrected chi connectivity index (χ0v) is 22.1. The summed E-state index contributed by atoms with van der Waals surface area (Å²) in [5.74, 6) is -0.978. The van der Waals surface area contributed by atoms with Crippen LogP contribution < -0.4 is 10.3 Å². The van der Waals surface area contributed by atoms with Gasteiger partial charge >= 0.3 is 5.97 Å². The molecule has 1 N–H and O–H groups in total.